The minimum Gasteiger partial charge on any atom is -0.341 e. The van der Waals surface area contributed by atoms with Gasteiger partial charge in [-0.2, -0.15) is 0 Å². The van der Waals surface area contributed by atoms with E-state index in [0.717, 1.165) is 41.3 Å². The van der Waals surface area contributed by atoms with E-state index in [0.29, 0.717) is 12.5 Å². The molecule has 9 nitrogen and oxygen atoms in total. The number of imidazole rings is 1. The molecule has 1 atom stereocenters. The topological polar surface area (TPSA) is 104 Å². The van der Waals surface area contributed by atoms with Crippen molar-refractivity contribution in [1.29, 1.82) is 0 Å². The Morgan fingerprint density at radius 1 is 0.975 bits per heavy atom. The maximum Gasteiger partial charge on any atom is 0.293 e. The van der Waals surface area contributed by atoms with Crippen LogP contribution in [0.3, 0.4) is 0 Å². The first kappa shape index (κ1) is 25.6. The molecule has 1 aliphatic heterocycles. The number of benzene rings is 2. The zero-order valence-electron chi connectivity index (χ0n) is 22.5. The summed E-state index contributed by atoms with van der Waals surface area (Å²) < 4.78 is 4.86. The van der Waals surface area contributed by atoms with Crippen LogP contribution in [0.4, 0.5) is 5.95 Å². The molecule has 0 radical (unpaired) electrons. The molecule has 0 aliphatic carbocycles. The molecule has 3 aromatic heterocycles. The van der Waals surface area contributed by atoms with Gasteiger partial charge in [-0.25, -0.2) is 14.3 Å². The predicted octanol–water partition coefficient (Wildman–Crippen LogP) is 2.96. The minimum atomic E-state index is -0.322. The van der Waals surface area contributed by atoms with Crippen LogP contribution in [0, 0.1) is 11.8 Å². The molecule has 1 aliphatic rings. The van der Waals surface area contributed by atoms with Crippen LogP contribution in [0.15, 0.2) is 76.6 Å². The molecule has 0 spiro atoms. The molecule has 0 unspecified atom stereocenters. The van der Waals surface area contributed by atoms with Crippen molar-refractivity contribution >= 4 is 27.8 Å². The zero-order valence-corrected chi connectivity index (χ0v) is 22.5. The van der Waals surface area contributed by atoms with E-state index in [4.69, 9.17) is 10.7 Å². The second-order valence-electron chi connectivity index (χ2n) is 10.2. The molecule has 40 heavy (non-hydrogen) atoms. The molecule has 9 heteroatoms. The van der Waals surface area contributed by atoms with Crippen molar-refractivity contribution in [2.24, 2.45) is 5.73 Å². The third kappa shape index (κ3) is 4.67. The molecule has 0 saturated carbocycles. The first-order valence-electron chi connectivity index (χ1n) is 13.5. The Bertz CT molecular complexity index is 1870. The number of piperidine rings is 1. The van der Waals surface area contributed by atoms with Gasteiger partial charge in [-0.1, -0.05) is 48.4 Å². The second kappa shape index (κ2) is 10.8. The zero-order chi connectivity index (χ0) is 27.6. The van der Waals surface area contributed by atoms with Gasteiger partial charge in [0, 0.05) is 31.5 Å². The number of hydrogen-bond acceptors (Lipinski definition) is 6. The molecule has 2 aromatic carbocycles. The van der Waals surface area contributed by atoms with Crippen LogP contribution in [-0.4, -0.2) is 43.0 Å². The molecular weight excluding hydrogens is 502 g/mol. The lowest BCUT2D eigenvalue weighted by Crippen LogP contribution is -2.44. The Balaban J connectivity index is 1.61. The van der Waals surface area contributed by atoms with Crippen LogP contribution >= 0.6 is 0 Å². The highest BCUT2D eigenvalue weighted by Crippen LogP contribution is 2.23. The number of nitrogens with two attached hydrogens (primary N) is 1. The molecule has 2 N–H and O–H groups in total. The third-order valence-electron chi connectivity index (χ3n) is 7.55. The molecular formula is C31H31N7O2. The number of anilines is 1. The van der Waals surface area contributed by atoms with Crippen LogP contribution in [0.1, 0.15) is 30.9 Å². The van der Waals surface area contributed by atoms with E-state index in [9.17, 15) is 9.59 Å². The van der Waals surface area contributed by atoms with Gasteiger partial charge in [0.25, 0.3) is 11.1 Å². The average Bonchev–Trinajstić information content (AvgIpc) is 3.37. The standard InChI is InChI=1S/C31H31N7O2/c1-2-3-18-36-28-27(34-31(36)35-17-7-11-25(32)21-35)29(39)37(19-22-13-15-33-16-14-22)38(30(28)40)20-24-10-6-9-23-8-4-5-12-26(23)24/h4-6,8-10,12-16,25H,7,11,17-21,32H2,1H3/t25-/m1/s1. The minimum absolute atomic E-state index is 0.00522. The van der Waals surface area contributed by atoms with E-state index in [1.54, 1.807) is 28.6 Å². The fraction of sp³-hybridized carbons (Fsp3) is 0.290. The quantitative estimate of drug-likeness (QED) is 0.337. The molecule has 0 amide bonds. The Morgan fingerprint density at radius 3 is 2.55 bits per heavy atom. The molecule has 1 saturated heterocycles. The average molecular weight is 534 g/mol. The fourth-order valence-electron chi connectivity index (χ4n) is 5.58. The molecule has 4 heterocycles. The van der Waals surface area contributed by atoms with Gasteiger partial charge in [-0.3, -0.25) is 19.1 Å². The summed E-state index contributed by atoms with van der Waals surface area (Å²) in [6, 6.07) is 17.8. The SMILES string of the molecule is CC#CCn1c(N2CCC[C@@H](N)C2)nc2c(=O)n(Cc3ccncc3)n(Cc3cccc4ccccc34)c(=O)c21. The second-order valence-corrected chi connectivity index (χ2v) is 10.2. The van der Waals surface area contributed by atoms with Crippen LogP contribution in [0.2, 0.25) is 0 Å². The first-order chi connectivity index (χ1) is 19.5. The highest BCUT2D eigenvalue weighted by molar-refractivity contribution is 5.85. The normalized spacial score (nSPS) is 15.3. The molecule has 1 fully saturated rings. The number of aromatic nitrogens is 5. The van der Waals surface area contributed by atoms with E-state index < -0.39 is 0 Å². The summed E-state index contributed by atoms with van der Waals surface area (Å²) in [5.41, 5.74) is 7.92. The smallest absolute Gasteiger partial charge is 0.293 e. The lowest BCUT2D eigenvalue weighted by atomic mass is 10.0. The number of hydrogen-bond donors (Lipinski definition) is 1. The number of rotatable bonds is 6. The first-order valence-corrected chi connectivity index (χ1v) is 13.5. The number of pyridine rings is 1. The van der Waals surface area contributed by atoms with E-state index in [2.05, 4.69) is 21.7 Å². The summed E-state index contributed by atoms with van der Waals surface area (Å²) >= 11 is 0. The summed E-state index contributed by atoms with van der Waals surface area (Å²) in [6.45, 7) is 3.82. The third-order valence-corrected chi connectivity index (χ3v) is 7.55. The molecule has 6 rings (SSSR count). The van der Waals surface area contributed by atoms with Gasteiger partial charge in [-0.15, -0.1) is 5.92 Å². The monoisotopic (exact) mass is 533 g/mol. The fourth-order valence-corrected chi connectivity index (χ4v) is 5.58. The van der Waals surface area contributed by atoms with E-state index >= 15 is 0 Å². The van der Waals surface area contributed by atoms with E-state index in [1.807, 2.05) is 54.6 Å². The van der Waals surface area contributed by atoms with Gasteiger partial charge in [0.15, 0.2) is 5.52 Å². The van der Waals surface area contributed by atoms with Crippen LogP contribution in [-0.2, 0) is 19.6 Å². The Hall–Kier alpha value is -4.68. The van der Waals surface area contributed by atoms with Crippen molar-refractivity contribution < 1.29 is 0 Å². The summed E-state index contributed by atoms with van der Waals surface area (Å²) in [7, 11) is 0. The van der Waals surface area contributed by atoms with Gasteiger partial charge < -0.3 is 10.6 Å². The summed E-state index contributed by atoms with van der Waals surface area (Å²) in [6.07, 6.45) is 5.22. The summed E-state index contributed by atoms with van der Waals surface area (Å²) in [5.74, 6) is 6.57. The Morgan fingerprint density at radius 2 is 1.75 bits per heavy atom. The molecule has 202 valence electrons. The van der Waals surface area contributed by atoms with Crippen molar-refractivity contribution in [1.82, 2.24) is 23.9 Å². The predicted molar refractivity (Wildman–Crippen MR) is 158 cm³/mol. The van der Waals surface area contributed by atoms with Crippen molar-refractivity contribution in [2.45, 2.75) is 45.4 Å². The van der Waals surface area contributed by atoms with Gasteiger partial charge in [0.2, 0.25) is 5.95 Å². The number of nitrogens with zero attached hydrogens (tertiary/aromatic N) is 6. The largest absolute Gasteiger partial charge is 0.341 e. The van der Waals surface area contributed by atoms with Crippen LogP contribution in [0.25, 0.3) is 21.8 Å². The van der Waals surface area contributed by atoms with Crippen LogP contribution < -0.4 is 21.8 Å². The van der Waals surface area contributed by atoms with Gasteiger partial charge >= 0.3 is 0 Å². The van der Waals surface area contributed by atoms with Crippen molar-refractivity contribution in [3.8, 4) is 11.8 Å². The van der Waals surface area contributed by atoms with Crippen LogP contribution in [0.5, 0.6) is 0 Å². The highest BCUT2D eigenvalue weighted by Gasteiger charge is 2.27. The Kier molecular flexibility index (Phi) is 6.93. The van der Waals surface area contributed by atoms with Crippen molar-refractivity contribution in [3.63, 3.8) is 0 Å². The van der Waals surface area contributed by atoms with Crippen molar-refractivity contribution in [2.75, 3.05) is 18.0 Å². The molecule has 5 aromatic rings. The highest BCUT2D eigenvalue weighted by atomic mass is 16.2. The van der Waals surface area contributed by atoms with Gasteiger partial charge in [-0.05, 0) is 53.8 Å². The lowest BCUT2D eigenvalue weighted by molar-refractivity contribution is 0.471. The maximum atomic E-state index is 14.4. The molecule has 0 bridgehead atoms. The number of fused-ring (bicyclic) bond motifs is 2. The van der Waals surface area contributed by atoms with Gasteiger partial charge in [0.05, 0.1) is 19.6 Å². The lowest BCUT2D eigenvalue weighted by Gasteiger charge is -2.31. The Labute approximate surface area is 231 Å². The summed E-state index contributed by atoms with van der Waals surface area (Å²) in [5, 5.41) is 2.11. The van der Waals surface area contributed by atoms with E-state index in [1.165, 1.54) is 4.68 Å². The van der Waals surface area contributed by atoms with Crippen molar-refractivity contribution in [3.05, 3.63) is 98.8 Å². The van der Waals surface area contributed by atoms with Gasteiger partial charge in [0.1, 0.15) is 5.52 Å². The maximum absolute atomic E-state index is 14.4. The summed E-state index contributed by atoms with van der Waals surface area (Å²) in [4.78, 5) is 39.6. The van der Waals surface area contributed by atoms with E-state index in [-0.39, 0.29) is 47.8 Å².